The first-order valence-electron chi connectivity index (χ1n) is 10.4. The molecule has 0 aliphatic carbocycles. The Morgan fingerprint density at radius 3 is 2.77 bits per heavy atom. The number of nitrogens with one attached hydrogen (secondary N) is 1. The van der Waals surface area contributed by atoms with Crippen LogP contribution >= 0.6 is 24.8 Å². The van der Waals surface area contributed by atoms with Gasteiger partial charge in [-0.05, 0) is 36.9 Å². The van der Waals surface area contributed by atoms with E-state index in [9.17, 15) is 0 Å². The van der Waals surface area contributed by atoms with Crippen LogP contribution in [0.1, 0.15) is 30.0 Å². The summed E-state index contributed by atoms with van der Waals surface area (Å²) in [6.45, 7) is 7.17. The molecule has 3 aromatic rings. The summed E-state index contributed by atoms with van der Waals surface area (Å²) < 4.78 is 4.37. The molecule has 1 unspecified atom stereocenters. The Morgan fingerprint density at radius 1 is 1.07 bits per heavy atom. The van der Waals surface area contributed by atoms with Crippen molar-refractivity contribution in [3.63, 3.8) is 0 Å². The van der Waals surface area contributed by atoms with Crippen LogP contribution in [0.15, 0.2) is 48.8 Å². The van der Waals surface area contributed by atoms with Crippen LogP contribution in [-0.4, -0.2) is 50.4 Å². The number of piperidine rings is 1. The zero-order valence-electron chi connectivity index (χ0n) is 17.1. The van der Waals surface area contributed by atoms with Crippen LogP contribution < -0.4 is 5.32 Å². The van der Waals surface area contributed by atoms with Gasteiger partial charge in [0.2, 0.25) is 0 Å². The van der Waals surface area contributed by atoms with Gasteiger partial charge in [-0.1, -0.05) is 30.3 Å². The van der Waals surface area contributed by atoms with E-state index in [4.69, 9.17) is 5.10 Å². The lowest BCUT2D eigenvalue weighted by Crippen LogP contribution is -2.36. The highest BCUT2D eigenvalue weighted by atomic mass is 35.5. The molecule has 5 rings (SSSR count). The second-order valence-electron chi connectivity index (χ2n) is 7.92. The third-order valence-corrected chi connectivity index (χ3v) is 6.05. The molecule has 0 bridgehead atoms. The Kier molecular flexibility index (Phi) is 7.94. The molecule has 1 N–H and O–H groups in total. The van der Waals surface area contributed by atoms with E-state index in [1.165, 1.54) is 30.6 Å². The fraction of sp³-hybridized carbons (Fsp3) is 0.455. The minimum Gasteiger partial charge on any atom is -0.328 e. The van der Waals surface area contributed by atoms with Crippen LogP contribution in [-0.2, 0) is 19.6 Å². The van der Waals surface area contributed by atoms with Gasteiger partial charge in [0.1, 0.15) is 5.69 Å². The van der Waals surface area contributed by atoms with Gasteiger partial charge in [-0.15, -0.1) is 24.8 Å². The van der Waals surface area contributed by atoms with E-state index in [1.807, 2.05) is 6.20 Å². The number of fused-ring (bicyclic) bond motifs is 1. The van der Waals surface area contributed by atoms with Gasteiger partial charge < -0.3 is 14.8 Å². The largest absolute Gasteiger partial charge is 0.328 e. The number of halogens is 2. The number of nitrogens with zero attached hydrogens (tertiary/aromatic N) is 5. The SMILES string of the molecule is Cl.Cl.c1ccc(C2CCCN(CCn3ccnc3-c3cc4n(n3)CCNC4)C2)cc1. The first-order valence-corrected chi connectivity index (χ1v) is 10.4. The predicted molar refractivity (Wildman–Crippen MR) is 125 cm³/mol. The van der Waals surface area contributed by atoms with Crippen LogP contribution in [0, 0.1) is 0 Å². The lowest BCUT2D eigenvalue weighted by molar-refractivity contribution is 0.201. The minimum absolute atomic E-state index is 0. The predicted octanol–water partition coefficient (Wildman–Crippen LogP) is 3.57. The van der Waals surface area contributed by atoms with Crippen molar-refractivity contribution >= 4 is 24.8 Å². The van der Waals surface area contributed by atoms with Gasteiger partial charge in [-0.25, -0.2) is 4.98 Å². The highest BCUT2D eigenvalue weighted by Crippen LogP contribution is 2.27. The molecule has 162 valence electrons. The van der Waals surface area contributed by atoms with Crippen LogP contribution in [0.3, 0.4) is 0 Å². The summed E-state index contributed by atoms with van der Waals surface area (Å²) in [5.41, 5.74) is 3.72. The highest BCUT2D eigenvalue weighted by Gasteiger charge is 2.21. The van der Waals surface area contributed by atoms with Crippen molar-refractivity contribution in [2.75, 3.05) is 26.2 Å². The van der Waals surface area contributed by atoms with Crippen LogP contribution in [0.2, 0.25) is 0 Å². The molecule has 30 heavy (non-hydrogen) atoms. The van der Waals surface area contributed by atoms with Crippen molar-refractivity contribution < 1.29 is 0 Å². The molecule has 2 aliphatic rings. The molecule has 1 atom stereocenters. The zero-order chi connectivity index (χ0) is 18.8. The van der Waals surface area contributed by atoms with E-state index in [0.29, 0.717) is 5.92 Å². The molecule has 4 heterocycles. The van der Waals surface area contributed by atoms with Crippen molar-refractivity contribution in [3.05, 3.63) is 60.0 Å². The summed E-state index contributed by atoms with van der Waals surface area (Å²) in [6.07, 6.45) is 6.56. The van der Waals surface area contributed by atoms with Crippen LogP contribution in [0.5, 0.6) is 0 Å². The van der Waals surface area contributed by atoms with Gasteiger partial charge in [-0.2, -0.15) is 5.10 Å². The van der Waals surface area contributed by atoms with Crippen molar-refractivity contribution in [2.24, 2.45) is 0 Å². The number of benzene rings is 1. The summed E-state index contributed by atoms with van der Waals surface area (Å²) in [5, 5.41) is 8.19. The third kappa shape index (κ3) is 4.89. The Bertz CT molecular complexity index is 899. The fourth-order valence-electron chi connectivity index (χ4n) is 4.53. The average Bonchev–Trinajstić information content (AvgIpc) is 3.39. The Labute approximate surface area is 190 Å². The molecular formula is C22H30Cl2N6. The van der Waals surface area contributed by atoms with E-state index in [2.05, 4.69) is 67.0 Å². The minimum atomic E-state index is 0. The second kappa shape index (κ2) is 10.4. The number of likely N-dealkylation sites (tertiary alicyclic amines) is 1. The lowest BCUT2D eigenvalue weighted by atomic mass is 9.91. The van der Waals surface area contributed by atoms with Crippen LogP contribution in [0.4, 0.5) is 0 Å². The van der Waals surface area contributed by atoms with Crippen molar-refractivity contribution in [1.82, 2.24) is 29.5 Å². The molecule has 1 saturated heterocycles. The number of hydrogen-bond acceptors (Lipinski definition) is 4. The molecule has 0 radical (unpaired) electrons. The Hall–Kier alpha value is -1.86. The normalized spacial score (nSPS) is 18.9. The van der Waals surface area contributed by atoms with E-state index in [-0.39, 0.29) is 24.8 Å². The number of rotatable bonds is 5. The van der Waals surface area contributed by atoms with E-state index < -0.39 is 0 Å². The van der Waals surface area contributed by atoms with Crippen molar-refractivity contribution in [1.29, 1.82) is 0 Å². The maximum absolute atomic E-state index is 4.78. The van der Waals surface area contributed by atoms with Crippen LogP contribution in [0.25, 0.3) is 11.5 Å². The lowest BCUT2D eigenvalue weighted by Gasteiger charge is -2.33. The second-order valence-corrected chi connectivity index (χ2v) is 7.92. The summed E-state index contributed by atoms with van der Waals surface area (Å²) >= 11 is 0. The molecular weight excluding hydrogens is 419 g/mol. The monoisotopic (exact) mass is 448 g/mol. The summed E-state index contributed by atoms with van der Waals surface area (Å²) in [5.74, 6) is 1.64. The van der Waals surface area contributed by atoms with Gasteiger partial charge >= 0.3 is 0 Å². The molecule has 1 aromatic carbocycles. The molecule has 0 saturated carbocycles. The number of imidazole rings is 1. The first kappa shape index (κ1) is 22.8. The third-order valence-electron chi connectivity index (χ3n) is 6.05. The van der Waals surface area contributed by atoms with Gasteiger partial charge in [-0.3, -0.25) is 4.68 Å². The quantitative estimate of drug-likeness (QED) is 0.647. The number of aromatic nitrogens is 4. The van der Waals surface area contributed by atoms with E-state index in [0.717, 1.165) is 50.8 Å². The summed E-state index contributed by atoms with van der Waals surface area (Å²) in [7, 11) is 0. The fourth-order valence-corrected chi connectivity index (χ4v) is 4.53. The van der Waals surface area contributed by atoms with E-state index in [1.54, 1.807) is 0 Å². The zero-order valence-corrected chi connectivity index (χ0v) is 18.7. The molecule has 2 aliphatic heterocycles. The highest BCUT2D eigenvalue weighted by molar-refractivity contribution is 5.85. The maximum Gasteiger partial charge on any atom is 0.160 e. The van der Waals surface area contributed by atoms with Crippen molar-refractivity contribution in [2.45, 2.75) is 38.4 Å². The molecule has 6 nitrogen and oxygen atoms in total. The molecule has 8 heteroatoms. The molecule has 2 aromatic heterocycles. The molecule has 0 amide bonds. The molecule has 1 fully saturated rings. The van der Waals surface area contributed by atoms with Crippen molar-refractivity contribution in [3.8, 4) is 11.5 Å². The standard InChI is InChI=1S/C22H28N6.2ClH/c1-2-5-18(6-3-1)19-7-4-10-26(17-19)13-14-27-11-9-24-22(27)21-15-20-16-23-8-12-28(20)25-21;;/h1-3,5-6,9,11,15,19,23H,4,7-8,10,12-14,16-17H2;2*1H. The maximum atomic E-state index is 4.78. The summed E-state index contributed by atoms with van der Waals surface area (Å²) in [6, 6.07) is 13.2. The summed E-state index contributed by atoms with van der Waals surface area (Å²) in [4.78, 5) is 7.21. The van der Waals surface area contributed by atoms with Gasteiger partial charge in [0.25, 0.3) is 0 Å². The Morgan fingerprint density at radius 2 is 1.93 bits per heavy atom. The first-order chi connectivity index (χ1) is 13.9. The average molecular weight is 449 g/mol. The van der Waals surface area contributed by atoms with E-state index >= 15 is 0 Å². The van der Waals surface area contributed by atoms with Gasteiger partial charge in [0.05, 0.1) is 12.2 Å². The number of hydrogen-bond donors (Lipinski definition) is 1. The van der Waals surface area contributed by atoms with Gasteiger partial charge in [0, 0.05) is 45.1 Å². The smallest absolute Gasteiger partial charge is 0.160 e. The Balaban J connectivity index is 0.00000128. The topological polar surface area (TPSA) is 50.9 Å². The van der Waals surface area contributed by atoms with Gasteiger partial charge in [0.15, 0.2) is 5.82 Å². The molecule has 0 spiro atoms.